The molecule has 0 aliphatic carbocycles. The van der Waals surface area contributed by atoms with Crippen LogP contribution < -0.4 is 0 Å². The summed E-state index contributed by atoms with van der Waals surface area (Å²) in [7, 11) is 0. The molecule has 1 aromatic heterocycles. The Morgan fingerprint density at radius 2 is 2.21 bits per heavy atom. The Hall–Kier alpha value is -1.65. The molecule has 3 rings (SSSR count). The highest BCUT2D eigenvalue weighted by Gasteiger charge is 2.19. The van der Waals surface area contributed by atoms with Gasteiger partial charge in [0.05, 0.1) is 13.2 Å². The SMILES string of the molecule is CCCn1ccnc1C(O)c1ccc2c(c1)COC2. The van der Waals surface area contributed by atoms with E-state index in [0.29, 0.717) is 19.0 Å². The summed E-state index contributed by atoms with van der Waals surface area (Å²) in [6.45, 7) is 4.30. The molecular weight excluding hydrogens is 240 g/mol. The van der Waals surface area contributed by atoms with Crippen LogP contribution in [-0.2, 0) is 24.5 Å². The molecule has 19 heavy (non-hydrogen) atoms. The molecule has 4 heteroatoms. The average Bonchev–Trinajstić information content (AvgIpc) is 3.05. The zero-order valence-corrected chi connectivity index (χ0v) is 11.0. The molecule has 0 saturated carbocycles. The molecule has 2 heterocycles. The van der Waals surface area contributed by atoms with E-state index in [1.165, 1.54) is 11.1 Å². The third-order valence-corrected chi connectivity index (χ3v) is 3.52. The number of nitrogens with zero attached hydrogens (tertiary/aromatic N) is 2. The number of aliphatic hydroxyl groups is 1. The molecule has 1 N–H and O–H groups in total. The van der Waals surface area contributed by atoms with E-state index >= 15 is 0 Å². The first-order valence-corrected chi connectivity index (χ1v) is 6.68. The third kappa shape index (κ3) is 2.29. The van der Waals surface area contributed by atoms with Crippen molar-refractivity contribution in [1.82, 2.24) is 9.55 Å². The summed E-state index contributed by atoms with van der Waals surface area (Å²) < 4.78 is 7.41. The van der Waals surface area contributed by atoms with E-state index < -0.39 is 6.10 Å². The van der Waals surface area contributed by atoms with Crippen LogP contribution in [-0.4, -0.2) is 14.7 Å². The van der Waals surface area contributed by atoms with E-state index in [0.717, 1.165) is 18.5 Å². The first-order chi connectivity index (χ1) is 9.29. The molecular formula is C15H18N2O2. The van der Waals surface area contributed by atoms with E-state index in [2.05, 4.69) is 11.9 Å². The largest absolute Gasteiger partial charge is 0.380 e. The van der Waals surface area contributed by atoms with Crippen molar-refractivity contribution in [2.75, 3.05) is 0 Å². The summed E-state index contributed by atoms with van der Waals surface area (Å²) in [6, 6.07) is 6.02. The Labute approximate surface area is 112 Å². The Morgan fingerprint density at radius 3 is 3.05 bits per heavy atom. The maximum atomic E-state index is 10.5. The third-order valence-electron chi connectivity index (χ3n) is 3.52. The zero-order chi connectivity index (χ0) is 13.2. The Balaban J connectivity index is 1.90. The predicted molar refractivity (Wildman–Crippen MR) is 71.5 cm³/mol. The van der Waals surface area contributed by atoms with Gasteiger partial charge >= 0.3 is 0 Å². The van der Waals surface area contributed by atoms with Crippen LogP contribution >= 0.6 is 0 Å². The normalized spacial score (nSPS) is 15.5. The number of hydrogen-bond donors (Lipinski definition) is 1. The van der Waals surface area contributed by atoms with Crippen molar-refractivity contribution >= 4 is 0 Å². The van der Waals surface area contributed by atoms with Crippen molar-refractivity contribution in [3.05, 3.63) is 53.1 Å². The van der Waals surface area contributed by atoms with Crippen LogP contribution in [0.3, 0.4) is 0 Å². The topological polar surface area (TPSA) is 47.3 Å². The number of benzene rings is 1. The second-order valence-corrected chi connectivity index (χ2v) is 4.90. The number of fused-ring (bicyclic) bond motifs is 1. The lowest BCUT2D eigenvalue weighted by Crippen LogP contribution is -2.10. The molecule has 0 amide bonds. The summed E-state index contributed by atoms with van der Waals surface area (Å²) in [4.78, 5) is 4.29. The lowest BCUT2D eigenvalue weighted by atomic mass is 10.0. The minimum absolute atomic E-state index is 0.638. The van der Waals surface area contributed by atoms with Gasteiger partial charge in [0.1, 0.15) is 11.9 Å². The van der Waals surface area contributed by atoms with Crippen molar-refractivity contribution in [3.63, 3.8) is 0 Å². The summed E-state index contributed by atoms with van der Waals surface area (Å²) in [5.74, 6) is 0.709. The molecule has 1 aromatic carbocycles. The second kappa shape index (κ2) is 5.15. The molecule has 4 nitrogen and oxygen atoms in total. The molecule has 100 valence electrons. The number of imidazole rings is 1. The number of aliphatic hydroxyl groups excluding tert-OH is 1. The van der Waals surface area contributed by atoms with E-state index in [4.69, 9.17) is 4.74 Å². The molecule has 1 atom stereocenters. The molecule has 0 bridgehead atoms. The minimum atomic E-state index is -0.674. The van der Waals surface area contributed by atoms with Gasteiger partial charge in [-0.25, -0.2) is 4.98 Å². The molecule has 2 aromatic rings. The van der Waals surface area contributed by atoms with Crippen molar-refractivity contribution in [1.29, 1.82) is 0 Å². The second-order valence-electron chi connectivity index (χ2n) is 4.90. The van der Waals surface area contributed by atoms with E-state index in [1.54, 1.807) is 6.20 Å². The highest BCUT2D eigenvalue weighted by molar-refractivity contribution is 5.35. The Kier molecular flexibility index (Phi) is 3.36. The molecule has 1 unspecified atom stereocenters. The van der Waals surface area contributed by atoms with E-state index in [-0.39, 0.29) is 0 Å². The van der Waals surface area contributed by atoms with Gasteiger partial charge in [-0.2, -0.15) is 0 Å². The monoisotopic (exact) mass is 258 g/mol. The van der Waals surface area contributed by atoms with Crippen LogP contribution in [0.5, 0.6) is 0 Å². The van der Waals surface area contributed by atoms with E-state index in [9.17, 15) is 5.11 Å². The van der Waals surface area contributed by atoms with Gasteiger partial charge in [0.15, 0.2) is 0 Å². The first kappa shape index (κ1) is 12.4. The van der Waals surface area contributed by atoms with Crippen LogP contribution in [0.1, 0.15) is 42.0 Å². The van der Waals surface area contributed by atoms with Gasteiger partial charge in [-0.3, -0.25) is 0 Å². The smallest absolute Gasteiger partial charge is 0.142 e. The van der Waals surface area contributed by atoms with Crippen LogP contribution in [0.25, 0.3) is 0 Å². The van der Waals surface area contributed by atoms with Crippen LogP contribution in [0.15, 0.2) is 30.6 Å². The zero-order valence-electron chi connectivity index (χ0n) is 11.0. The van der Waals surface area contributed by atoms with Crippen LogP contribution in [0.2, 0.25) is 0 Å². The fourth-order valence-corrected chi connectivity index (χ4v) is 2.51. The number of rotatable bonds is 4. The summed E-state index contributed by atoms with van der Waals surface area (Å²) in [5.41, 5.74) is 3.27. The molecule has 0 spiro atoms. The summed E-state index contributed by atoms with van der Waals surface area (Å²) >= 11 is 0. The highest BCUT2D eigenvalue weighted by Crippen LogP contribution is 2.26. The molecule has 1 aliphatic heterocycles. The van der Waals surface area contributed by atoms with Gasteiger partial charge in [0.2, 0.25) is 0 Å². The standard InChI is InChI=1S/C15H18N2O2/c1-2-6-17-7-5-16-15(17)14(18)11-3-4-12-9-19-10-13(12)8-11/h3-5,7-8,14,18H,2,6,9-10H2,1H3. The van der Waals surface area contributed by atoms with Gasteiger partial charge < -0.3 is 14.4 Å². The summed E-state index contributed by atoms with van der Waals surface area (Å²) in [5, 5.41) is 10.5. The summed E-state index contributed by atoms with van der Waals surface area (Å²) in [6.07, 6.45) is 4.00. The van der Waals surface area contributed by atoms with Crippen molar-refractivity contribution < 1.29 is 9.84 Å². The maximum Gasteiger partial charge on any atom is 0.142 e. The quantitative estimate of drug-likeness (QED) is 0.916. The van der Waals surface area contributed by atoms with Crippen molar-refractivity contribution in [3.8, 4) is 0 Å². The predicted octanol–water partition coefficient (Wildman–Crippen LogP) is 2.41. The van der Waals surface area contributed by atoms with Gasteiger partial charge in [-0.1, -0.05) is 25.1 Å². The number of ether oxygens (including phenoxy) is 1. The molecule has 1 aliphatic rings. The molecule has 0 radical (unpaired) electrons. The maximum absolute atomic E-state index is 10.5. The van der Waals surface area contributed by atoms with Crippen LogP contribution in [0.4, 0.5) is 0 Å². The lowest BCUT2D eigenvalue weighted by Gasteiger charge is -2.14. The fourth-order valence-electron chi connectivity index (χ4n) is 2.51. The van der Waals surface area contributed by atoms with Crippen molar-refractivity contribution in [2.45, 2.75) is 39.2 Å². The highest BCUT2D eigenvalue weighted by atomic mass is 16.5. The average molecular weight is 258 g/mol. The Morgan fingerprint density at radius 1 is 1.37 bits per heavy atom. The molecule has 0 saturated heterocycles. The van der Waals surface area contributed by atoms with Gasteiger partial charge in [-0.05, 0) is 23.1 Å². The van der Waals surface area contributed by atoms with Crippen molar-refractivity contribution in [2.24, 2.45) is 0 Å². The van der Waals surface area contributed by atoms with Gasteiger partial charge in [0, 0.05) is 18.9 Å². The molecule has 0 fully saturated rings. The number of hydrogen-bond acceptors (Lipinski definition) is 3. The first-order valence-electron chi connectivity index (χ1n) is 6.68. The van der Waals surface area contributed by atoms with Crippen LogP contribution in [0, 0.1) is 0 Å². The van der Waals surface area contributed by atoms with E-state index in [1.807, 2.05) is 29.0 Å². The van der Waals surface area contributed by atoms with Gasteiger partial charge in [-0.15, -0.1) is 0 Å². The number of aromatic nitrogens is 2. The van der Waals surface area contributed by atoms with Gasteiger partial charge in [0.25, 0.3) is 0 Å². The lowest BCUT2D eigenvalue weighted by molar-refractivity contribution is 0.134. The minimum Gasteiger partial charge on any atom is -0.380 e. The fraction of sp³-hybridized carbons (Fsp3) is 0.400. The Bertz CT molecular complexity index is 577. The number of aryl methyl sites for hydroxylation is 1.